The van der Waals surface area contributed by atoms with Gasteiger partial charge in [0.1, 0.15) is 5.52 Å². The minimum absolute atomic E-state index is 0.148. The summed E-state index contributed by atoms with van der Waals surface area (Å²) in [7, 11) is 0. The minimum atomic E-state index is -0.158. The molecule has 3 rings (SSSR count). The van der Waals surface area contributed by atoms with E-state index in [2.05, 4.69) is 15.6 Å². The summed E-state index contributed by atoms with van der Waals surface area (Å²) in [6.07, 6.45) is 0.222. The highest BCUT2D eigenvalue weighted by molar-refractivity contribution is 5.94. The van der Waals surface area contributed by atoms with Crippen molar-refractivity contribution in [3.63, 3.8) is 0 Å². The van der Waals surface area contributed by atoms with Crippen molar-refractivity contribution in [2.75, 3.05) is 10.6 Å². The first-order valence-corrected chi connectivity index (χ1v) is 7.53. The number of anilines is 2. The Bertz CT molecular complexity index is 915. The third-order valence-corrected chi connectivity index (χ3v) is 3.39. The number of aromatic nitrogens is 1. The van der Waals surface area contributed by atoms with Crippen molar-refractivity contribution in [1.29, 1.82) is 0 Å². The van der Waals surface area contributed by atoms with Crippen molar-refractivity contribution in [3.05, 3.63) is 53.9 Å². The number of hydrogen-bond acceptors (Lipinski definition) is 4. The van der Waals surface area contributed by atoms with Crippen LogP contribution in [0, 0.1) is 6.92 Å². The molecular weight excluding hydrogens is 306 g/mol. The molecule has 0 aliphatic carbocycles. The Kier molecular flexibility index (Phi) is 4.29. The molecule has 1 heterocycles. The minimum Gasteiger partial charge on any atom is -0.441 e. The van der Waals surface area contributed by atoms with E-state index in [1.807, 2.05) is 18.2 Å². The van der Waals surface area contributed by atoms with Crippen LogP contribution < -0.4 is 10.6 Å². The number of nitrogens with zero attached hydrogens (tertiary/aromatic N) is 1. The molecule has 0 spiro atoms. The third kappa shape index (κ3) is 3.78. The maximum Gasteiger partial charge on any atom is 0.228 e. The molecule has 0 saturated heterocycles. The topological polar surface area (TPSA) is 84.2 Å². The van der Waals surface area contributed by atoms with Crippen molar-refractivity contribution in [2.45, 2.75) is 20.3 Å². The van der Waals surface area contributed by atoms with Crippen LogP contribution in [0.2, 0.25) is 0 Å². The quantitative estimate of drug-likeness (QED) is 0.772. The number of benzene rings is 2. The normalized spacial score (nSPS) is 10.6. The average molecular weight is 323 g/mol. The zero-order chi connectivity index (χ0) is 17.1. The van der Waals surface area contributed by atoms with Gasteiger partial charge in [-0.3, -0.25) is 9.59 Å². The molecule has 6 nitrogen and oxygen atoms in total. The highest BCUT2D eigenvalue weighted by Gasteiger charge is 2.08. The smallest absolute Gasteiger partial charge is 0.228 e. The highest BCUT2D eigenvalue weighted by Crippen LogP contribution is 2.18. The first-order valence-electron chi connectivity index (χ1n) is 7.53. The zero-order valence-corrected chi connectivity index (χ0v) is 13.4. The van der Waals surface area contributed by atoms with Gasteiger partial charge in [0.05, 0.1) is 6.42 Å². The predicted octanol–water partition coefficient (Wildman–Crippen LogP) is 3.28. The molecule has 0 fully saturated rings. The fraction of sp³-hybridized carbons (Fsp3) is 0.167. The fourth-order valence-electron chi connectivity index (χ4n) is 2.46. The van der Waals surface area contributed by atoms with Crippen LogP contribution in [0.15, 0.2) is 46.9 Å². The number of amides is 2. The van der Waals surface area contributed by atoms with Crippen LogP contribution in [0.25, 0.3) is 11.1 Å². The van der Waals surface area contributed by atoms with E-state index in [0.717, 1.165) is 11.1 Å². The van der Waals surface area contributed by atoms with Crippen LogP contribution in [0.4, 0.5) is 11.4 Å². The molecule has 0 atom stereocenters. The van der Waals surface area contributed by atoms with Gasteiger partial charge < -0.3 is 15.1 Å². The van der Waals surface area contributed by atoms with Crippen molar-refractivity contribution in [2.24, 2.45) is 0 Å². The van der Waals surface area contributed by atoms with Crippen LogP contribution in [0.5, 0.6) is 0 Å². The van der Waals surface area contributed by atoms with Gasteiger partial charge in [-0.25, -0.2) is 4.98 Å². The number of rotatable bonds is 4. The van der Waals surface area contributed by atoms with Gasteiger partial charge in [-0.1, -0.05) is 12.1 Å². The second kappa shape index (κ2) is 6.54. The summed E-state index contributed by atoms with van der Waals surface area (Å²) in [4.78, 5) is 27.5. The number of fused-ring (bicyclic) bond motifs is 1. The van der Waals surface area contributed by atoms with Gasteiger partial charge in [-0.05, 0) is 35.9 Å². The Balaban J connectivity index is 1.69. The summed E-state index contributed by atoms with van der Waals surface area (Å²) >= 11 is 0. The Morgan fingerprint density at radius 1 is 1.08 bits per heavy atom. The lowest BCUT2D eigenvalue weighted by Crippen LogP contribution is -2.14. The van der Waals surface area contributed by atoms with E-state index >= 15 is 0 Å². The molecule has 0 bridgehead atoms. The summed E-state index contributed by atoms with van der Waals surface area (Å²) in [5, 5.41) is 5.50. The average Bonchev–Trinajstić information content (AvgIpc) is 2.86. The third-order valence-electron chi connectivity index (χ3n) is 3.39. The van der Waals surface area contributed by atoms with Gasteiger partial charge in [-0.2, -0.15) is 0 Å². The zero-order valence-electron chi connectivity index (χ0n) is 13.4. The van der Waals surface area contributed by atoms with Gasteiger partial charge >= 0.3 is 0 Å². The summed E-state index contributed by atoms with van der Waals surface area (Å²) in [6.45, 7) is 3.22. The molecule has 0 saturated carbocycles. The number of aryl methyl sites for hydroxylation is 1. The number of oxazole rings is 1. The van der Waals surface area contributed by atoms with Gasteiger partial charge in [-0.15, -0.1) is 0 Å². The number of nitrogens with one attached hydrogen (secondary N) is 2. The second-order valence-electron chi connectivity index (χ2n) is 5.52. The van der Waals surface area contributed by atoms with E-state index in [-0.39, 0.29) is 18.2 Å². The van der Waals surface area contributed by atoms with E-state index in [9.17, 15) is 9.59 Å². The Labute approximate surface area is 138 Å². The van der Waals surface area contributed by atoms with Crippen LogP contribution in [0.3, 0.4) is 0 Å². The van der Waals surface area contributed by atoms with Crippen molar-refractivity contribution in [1.82, 2.24) is 4.98 Å². The van der Waals surface area contributed by atoms with Gasteiger partial charge in [0.2, 0.25) is 11.8 Å². The van der Waals surface area contributed by atoms with Crippen LogP contribution in [-0.4, -0.2) is 16.8 Å². The largest absolute Gasteiger partial charge is 0.441 e. The molecule has 0 aliphatic heterocycles. The first kappa shape index (κ1) is 15.7. The molecule has 2 aromatic carbocycles. The monoisotopic (exact) mass is 323 g/mol. The molecule has 0 aliphatic rings. The molecule has 2 N–H and O–H groups in total. The SMILES string of the molecule is CC(=O)Nc1cccc(NC(=O)Cc2ccc3nc(C)oc3c2)c1. The Morgan fingerprint density at radius 3 is 2.58 bits per heavy atom. The fourth-order valence-corrected chi connectivity index (χ4v) is 2.46. The Morgan fingerprint density at radius 2 is 1.83 bits per heavy atom. The van der Waals surface area contributed by atoms with Gasteiger partial charge in [0, 0.05) is 25.2 Å². The van der Waals surface area contributed by atoms with Crippen molar-refractivity contribution in [3.8, 4) is 0 Å². The molecule has 122 valence electrons. The maximum atomic E-state index is 12.2. The van der Waals surface area contributed by atoms with Crippen molar-refractivity contribution < 1.29 is 14.0 Å². The first-order chi connectivity index (χ1) is 11.5. The van der Waals surface area contributed by atoms with Crippen LogP contribution >= 0.6 is 0 Å². The lowest BCUT2D eigenvalue weighted by atomic mass is 10.1. The number of hydrogen-bond donors (Lipinski definition) is 2. The standard InChI is InChI=1S/C18H17N3O3/c1-11(22)19-14-4-3-5-15(10-14)21-18(23)9-13-6-7-16-17(8-13)24-12(2)20-16/h3-8,10H,9H2,1-2H3,(H,19,22)(H,21,23). The number of carbonyl (C=O) groups excluding carboxylic acids is 2. The molecule has 2 amide bonds. The van der Waals surface area contributed by atoms with Crippen LogP contribution in [0.1, 0.15) is 18.4 Å². The molecule has 3 aromatic rings. The maximum absolute atomic E-state index is 12.2. The molecule has 0 radical (unpaired) electrons. The second-order valence-corrected chi connectivity index (χ2v) is 5.52. The molecule has 0 unspecified atom stereocenters. The molecular formula is C18H17N3O3. The van der Waals surface area contributed by atoms with E-state index in [0.29, 0.717) is 22.8 Å². The lowest BCUT2D eigenvalue weighted by molar-refractivity contribution is -0.115. The van der Waals surface area contributed by atoms with E-state index in [1.54, 1.807) is 31.2 Å². The highest BCUT2D eigenvalue weighted by atomic mass is 16.3. The van der Waals surface area contributed by atoms with Gasteiger partial charge in [0.15, 0.2) is 11.5 Å². The summed E-state index contributed by atoms with van der Waals surface area (Å²) in [5.74, 6) is 0.293. The molecule has 6 heteroatoms. The van der Waals surface area contributed by atoms with E-state index < -0.39 is 0 Å². The molecule has 1 aromatic heterocycles. The molecule has 24 heavy (non-hydrogen) atoms. The van der Waals surface area contributed by atoms with Crippen molar-refractivity contribution >= 4 is 34.3 Å². The van der Waals surface area contributed by atoms with E-state index in [4.69, 9.17) is 4.42 Å². The summed E-state index contributed by atoms with van der Waals surface area (Å²) in [6, 6.07) is 12.5. The lowest BCUT2D eigenvalue weighted by Gasteiger charge is -2.08. The predicted molar refractivity (Wildman–Crippen MR) is 91.8 cm³/mol. The van der Waals surface area contributed by atoms with Crippen LogP contribution in [-0.2, 0) is 16.0 Å². The van der Waals surface area contributed by atoms with Gasteiger partial charge in [0.25, 0.3) is 0 Å². The van der Waals surface area contributed by atoms with E-state index in [1.165, 1.54) is 6.92 Å². The Hall–Kier alpha value is -3.15. The summed E-state index contributed by atoms with van der Waals surface area (Å²) < 4.78 is 5.48. The summed E-state index contributed by atoms with van der Waals surface area (Å²) in [5.41, 5.74) is 3.56. The number of carbonyl (C=O) groups is 2.